The summed E-state index contributed by atoms with van der Waals surface area (Å²) in [6.07, 6.45) is 0.266. The SMILES string of the molecule is CCN(C(=O)CCN1C(=O)COc2ccc(C)cc21)c1ccccc1. The minimum absolute atomic E-state index is 0.00203. The molecule has 0 bridgehead atoms. The Bertz CT molecular complexity index is 774. The van der Waals surface area contributed by atoms with E-state index in [0.29, 0.717) is 18.8 Å². The molecule has 0 radical (unpaired) electrons. The van der Waals surface area contributed by atoms with Gasteiger partial charge in [-0.25, -0.2) is 0 Å². The van der Waals surface area contributed by atoms with Crippen molar-refractivity contribution in [3.63, 3.8) is 0 Å². The molecule has 0 aromatic heterocycles. The first-order valence-corrected chi connectivity index (χ1v) is 8.49. The summed E-state index contributed by atoms with van der Waals surface area (Å²) in [7, 11) is 0. The first kappa shape index (κ1) is 17.0. The number of para-hydroxylation sites is 1. The maximum Gasteiger partial charge on any atom is 0.265 e. The van der Waals surface area contributed by atoms with Crippen LogP contribution in [0.25, 0.3) is 0 Å². The van der Waals surface area contributed by atoms with Crippen molar-refractivity contribution >= 4 is 23.2 Å². The number of fused-ring (bicyclic) bond motifs is 1. The van der Waals surface area contributed by atoms with Crippen LogP contribution >= 0.6 is 0 Å². The average molecular weight is 338 g/mol. The van der Waals surface area contributed by atoms with E-state index in [4.69, 9.17) is 4.74 Å². The maximum atomic E-state index is 12.7. The van der Waals surface area contributed by atoms with E-state index >= 15 is 0 Å². The first-order chi connectivity index (χ1) is 12.1. The van der Waals surface area contributed by atoms with Gasteiger partial charge < -0.3 is 14.5 Å². The number of amides is 2. The number of anilines is 2. The van der Waals surface area contributed by atoms with Gasteiger partial charge in [-0.05, 0) is 43.7 Å². The number of carbonyl (C=O) groups excluding carboxylic acids is 2. The van der Waals surface area contributed by atoms with Gasteiger partial charge in [0.25, 0.3) is 5.91 Å². The number of carbonyl (C=O) groups is 2. The number of hydrogen-bond acceptors (Lipinski definition) is 3. The second kappa shape index (κ2) is 7.38. The van der Waals surface area contributed by atoms with Gasteiger partial charge >= 0.3 is 0 Å². The molecular weight excluding hydrogens is 316 g/mol. The van der Waals surface area contributed by atoms with E-state index in [-0.39, 0.29) is 24.8 Å². The van der Waals surface area contributed by atoms with Crippen LogP contribution in [0.4, 0.5) is 11.4 Å². The van der Waals surface area contributed by atoms with Crippen LogP contribution < -0.4 is 14.5 Å². The molecule has 0 N–H and O–H groups in total. The zero-order valence-corrected chi connectivity index (χ0v) is 14.6. The standard InChI is InChI=1S/C20H22N2O3/c1-3-21(16-7-5-4-6-8-16)19(23)11-12-22-17-13-15(2)9-10-18(17)25-14-20(22)24/h4-10,13H,3,11-12,14H2,1-2H3. The van der Waals surface area contributed by atoms with Crippen molar-refractivity contribution in [1.82, 2.24) is 0 Å². The van der Waals surface area contributed by atoms with Crippen molar-refractivity contribution < 1.29 is 14.3 Å². The molecule has 0 aliphatic carbocycles. The zero-order valence-electron chi connectivity index (χ0n) is 14.6. The molecule has 1 aliphatic rings. The normalized spacial score (nSPS) is 13.2. The van der Waals surface area contributed by atoms with Crippen molar-refractivity contribution in [1.29, 1.82) is 0 Å². The van der Waals surface area contributed by atoms with Crippen LogP contribution in [-0.2, 0) is 9.59 Å². The Morgan fingerprint density at radius 1 is 1.20 bits per heavy atom. The van der Waals surface area contributed by atoms with Crippen molar-refractivity contribution in [2.45, 2.75) is 20.3 Å². The van der Waals surface area contributed by atoms with Gasteiger partial charge in [0.2, 0.25) is 5.91 Å². The van der Waals surface area contributed by atoms with Crippen LogP contribution in [-0.4, -0.2) is 31.5 Å². The Morgan fingerprint density at radius 3 is 2.68 bits per heavy atom. The maximum absolute atomic E-state index is 12.7. The quantitative estimate of drug-likeness (QED) is 0.841. The lowest BCUT2D eigenvalue weighted by molar-refractivity contribution is -0.121. The van der Waals surface area contributed by atoms with E-state index in [2.05, 4.69) is 0 Å². The lowest BCUT2D eigenvalue weighted by atomic mass is 10.1. The first-order valence-electron chi connectivity index (χ1n) is 8.49. The van der Waals surface area contributed by atoms with Gasteiger partial charge in [0.15, 0.2) is 6.61 Å². The van der Waals surface area contributed by atoms with Crippen molar-refractivity contribution in [2.24, 2.45) is 0 Å². The van der Waals surface area contributed by atoms with E-state index < -0.39 is 0 Å². The molecule has 5 heteroatoms. The highest BCUT2D eigenvalue weighted by molar-refractivity contribution is 5.99. The van der Waals surface area contributed by atoms with E-state index in [1.165, 1.54) is 0 Å². The van der Waals surface area contributed by atoms with Gasteiger partial charge in [-0.2, -0.15) is 0 Å². The van der Waals surface area contributed by atoms with Crippen LogP contribution in [0.1, 0.15) is 18.9 Å². The Kier molecular flexibility index (Phi) is 5.03. The molecule has 3 rings (SSSR count). The summed E-state index contributed by atoms with van der Waals surface area (Å²) in [5.74, 6) is 0.573. The summed E-state index contributed by atoms with van der Waals surface area (Å²) in [5, 5.41) is 0. The van der Waals surface area contributed by atoms with Gasteiger partial charge in [-0.15, -0.1) is 0 Å². The minimum Gasteiger partial charge on any atom is -0.482 e. The van der Waals surface area contributed by atoms with E-state index in [1.807, 2.05) is 62.4 Å². The van der Waals surface area contributed by atoms with Gasteiger partial charge in [-0.1, -0.05) is 24.3 Å². The Morgan fingerprint density at radius 2 is 1.96 bits per heavy atom. The highest BCUT2D eigenvalue weighted by Gasteiger charge is 2.26. The smallest absolute Gasteiger partial charge is 0.265 e. The zero-order chi connectivity index (χ0) is 17.8. The molecule has 0 saturated heterocycles. The lowest BCUT2D eigenvalue weighted by Gasteiger charge is -2.30. The van der Waals surface area contributed by atoms with Crippen LogP contribution in [0, 0.1) is 6.92 Å². The predicted octanol–water partition coefficient (Wildman–Crippen LogP) is 3.16. The minimum atomic E-state index is -0.117. The van der Waals surface area contributed by atoms with E-state index in [1.54, 1.807) is 9.80 Å². The summed E-state index contributed by atoms with van der Waals surface area (Å²) in [5.41, 5.74) is 2.67. The summed E-state index contributed by atoms with van der Waals surface area (Å²) < 4.78 is 5.48. The molecule has 2 aromatic carbocycles. The Hall–Kier alpha value is -2.82. The fourth-order valence-electron chi connectivity index (χ4n) is 3.01. The monoisotopic (exact) mass is 338 g/mol. The molecular formula is C20H22N2O3. The van der Waals surface area contributed by atoms with E-state index in [0.717, 1.165) is 16.9 Å². The summed E-state index contributed by atoms with van der Waals surface area (Å²) in [4.78, 5) is 28.3. The van der Waals surface area contributed by atoms with Crippen LogP contribution in [0.2, 0.25) is 0 Å². The molecule has 5 nitrogen and oxygen atoms in total. The third kappa shape index (κ3) is 3.65. The Labute approximate surface area is 147 Å². The molecule has 0 spiro atoms. The van der Waals surface area contributed by atoms with Crippen molar-refractivity contribution in [3.8, 4) is 5.75 Å². The topological polar surface area (TPSA) is 49.9 Å². The molecule has 1 aliphatic heterocycles. The van der Waals surface area contributed by atoms with Gasteiger partial charge in [0, 0.05) is 25.2 Å². The molecule has 0 unspecified atom stereocenters. The largest absolute Gasteiger partial charge is 0.482 e. The highest BCUT2D eigenvalue weighted by Crippen LogP contribution is 2.33. The van der Waals surface area contributed by atoms with Crippen LogP contribution in [0.3, 0.4) is 0 Å². The second-order valence-corrected chi connectivity index (χ2v) is 6.03. The molecule has 2 amide bonds. The number of aryl methyl sites for hydroxylation is 1. The third-order valence-electron chi connectivity index (χ3n) is 4.29. The van der Waals surface area contributed by atoms with Gasteiger partial charge in [0.05, 0.1) is 5.69 Å². The summed E-state index contributed by atoms with van der Waals surface area (Å²) in [6, 6.07) is 15.3. The predicted molar refractivity (Wildman–Crippen MR) is 98.1 cm³/mol. The van der Waals surface area contributed by atoms with Crippen LogP contribution in [0.15, 0.2) is 48.5 Å². The van der Waals surface area contributed by atoms with E-state index in [9.17, 15) is 9.59 Å². The fourth-order valence-corrected chi connectivity index (χ4v) is 3.01. The average Bonchev–Trinajstić information content (AvgIpc) is 2.62. The molecule has 2 aromatic rings. The summed E-state index contributed by atoms with van der Waals surface area (Å²) in [6.45, 7) is 4.87. The van der Waals surface area contributed by atoms with Crippen molar-refractivity contribution in [2.75, 3.05) is 29.5 Å². The number of hydrogen-bond donors (Lipinski definition) is 0. The summed E-state index contributed by atoms with van der Waals surface area (Å²) >= 11 is 0. The number of nitrogens with zero attached hydrogens (tertiary/aromatic N) is 2. The second-order valence-electron chi connectivity index (χ2n) is 6.03. The lowest BCUT2D eigenvalue weighted by Crippen LogP contribution is -2.41. The van der Waals surface area contributed by atoms with Gasteiger partial charge in [-0.3, -0.25) is 9.59 Å². The van der Waals surface area contributed by atoms with Gasteiger partial charge in [0.1, 0.15) is 5.75 Å². The molecule has 0 atom stereocenters. The van der Waals surface area contributed by atoms with Crippen molar-refractivity contribution in [3.05, 3.63) is 54.1 Å². The molecule has 0 saturated carbocycles. The number of rotatable bonds is 5. The molecule has 1 heterocycles. The number of ether oxygens (including phenoxy) is 1. The molecule has 0 fully saturated rings. The third-order valence-corrected chi connectivity index (χ3v) is 4.29. The number of benzene rings is 2. The highest BCUT2D eigenvalue weighted by atomic mass is 16.5. The molecule has 130 valence electrons. The molecule has 25 heavy (non-hydrogen) atoms. The Balaban J connectivity index is 1.74. The van der Waals surface area contributed by atoms with Crippen LogP contribution in [0.5, 0.6) is 5.75 Å². The fraction of sp³-hybridized carbons (Fsp3) is 0.300.